The highest BCUT2D eigenvalue weighted by atomic mass is 19.4. The number of hydrogen-bond acceptors (Lipinski definition) is 4. The van der Waals surface area contributed by atoms with Crippen LogP contribution in [0.1, 0.15) is 34.8 Å². The highest BCUT2D eigenvalue weighted by Crippen LogP contribution is 2.35. The summed E-state index contributed by atoms with van der Waals surface area (Å²) in [5, 5.41) is 13.0. The van der Waals surface area contributed by atoms with E-state index in [1.165, 1.54) is 35.5 Å². The highest BCUT2D eigenvalue weighted by Gasteiger charge is 2.34. The summed E-state index contributed by atoms with van der Waals surface area (Å²) in [7, 11) is 0. The zero-order valence-corrected chi connectivity index (χ0v) is 14.7. The molecule has 0 bridgehead atoms. The standard InChI is InChI=1S/C18H18F3N3O4/c19-18(20,21)14-3-1-2-4-15(14)28-11-16(25)23-7-5-13(6-8-23)24-10-12(9-22-24)17(26)27/h1-4,9-10,13H,5-8,11H2,(H,26,27). The van der Waals surface area contributed by atoms with E-state index in [0.29, 0.717) is 25.9 Å². The quantitative estimate of drug-likeness (QED) is 0.839. The lowest BCUT2D eigenvalue weighted by molar-refractivity contribution is -0.141. The van der Waals surface area contributed by atoms with Gasteiger partial charge in [0, 0.05) is 19.3 Å². The van der Waals surface area contributed by atoms with Gasteiger partial charge in [-0.1, -0.05) is 12.1 Å². The van der Waals surface area contributed by atoms with Crippen molar-refractivity contribution < 1.29 is 32.6 Å². The van der Waals surface area contributed by atoms with E-state index < -0.39 is 30.2 Å². The number of benzene rings is 1. The first-order chi connectivity index (χ1) is 13.3. The average molecular weight is 397 g/mol. The van der Waals surface area contributed by atoms with Gasteiger partial charge in [-0.25, -0.2) is 4.79 Å². The minimum Gasteiger partial charge on any atom is -0.483 e. The summed E-state index contributed by atoms with van der Waals surface area (Å²) in [6.45, 7) is 0.286. The van der Waals surface area contributed by atoms with Crippen molar-refractivity contribution in [2.75, 3.05) is 19.7 Å². The molecule has 28 heavy (non-hydrogen) atoms. The van der Waals surface area contributed by atoms with E-state index in [9.17, 15) is 22.8 Å². The van der Waals surface area contributed by atoms with Gasteiger partial charge in [0.2, 0.25) is 0 Å². The molecule has 10 heteroatoms. The number of nitrogens with zero attached hydrogens (tertiary/aromatic N) is 3. The Labute approximate surface area is 158 Å². The number of carboxylic acid groups (broad SMARTS) is 1. The first-order valence-corrected chi connectivity index (χ1v) is 8.60. The zero-order chi connectivity index (χ0) is 20.3. The molecule has 7 nitrogen and oxygen atoms in total. The molecule has 0 spiro atoms. The molecule has 0 radical (unpaired) electrons. The Kier molecular flexibility index (Phi) is 5.57. The van der Waals surface area contributed by atoms with Gasteiger partial charge >= 0.3 is 12.1 Å². The number of carbonyl (C=O) groups excluding carboxylic acids is 1. The topological polar surface area (TPSA) is 84.7 Å². The molecule has 1 aromatic carbocycles. The van der Waals surface area contributed by atoms with Crippen LogP contribution in [0.25, 0.3) is 0 Å². The SMILES string of the molecule is O=C(O)c1cnn(C2CCN(C(=O)COc3ccccc3C(F)(F)F)CC2)c1. The summed E-state index contributed by atoms with van der Waals surface area (Å²) in [6.07, 6.45) is -0.721. The molecule has 0 aliphatic carbocycles. The number of ether oxygens (including phenoxy) is 1. The number of amides is 1. The van der Waals surface area contributed by atoms with Gasteiger partial charge in [-0.05, 0) is 25.0 Å². The Morgan fingerprint density at radius 3 is 2.50 bits per heavy atom. The first-order valence-electron chi connectivity index (χ1n) is 8.60. The van der Waals surface area contributed by atoms with Crippen molar-refractivity contribution in [3.63, 3.8) is 0 Å². The summed E-state index contributed by atoms with van der Waals surface area (Å²) in [6, 6.07) is 4.72. The molecule has 150 valence electrons. The van der Waals surface area contributed by atoms with E-state index in [0.717, 1.165) is 6.07 Å². The minimum atomic E-state index is -4.56. The molecular formula is C18H18F3N3O4. The highest BCUT2D eigenvalue weighted by molar-refractivity contribution is 5.86. The van der Waals surface area contributed by atoms with Gasteiger partial charge < -0.3 is 14.7 Å². The number of likely N-dealkylation sites (tertiary alicyclic amines) is 1. The summed E-state index contributed by atoms with van der Waals surface area (Å²) in [4.78, 5) is 24.7. The van der Waals surface area contributed by atoms with Crippen LogP contribution in [-0.2, 0) is 11.0 Å². The van der Waals surface area contributed by atoms with Crippen LogP contribution >= 0.6 is 0 Å². The third kappa shape index (κ3) is 4.44. The van der Waals surface area contributed by atoms with E-state index in [2.05, 4.69) is 5.10 Å². The Morgan fingerprint density at radius 1 is 1.21 bits per heavy atom. The maximum atomic E-state index is 13.0. The molecule has 2 heterocycles. The van der Waals surface area contributed by atoms with Crippen LogP contribution in [0.2, 0.25) is 0 Å². The third-order valence-corrected chi connectivity index (χ3v) is 4.58. The molecule has 1 N–H and O–H groups in total. The van der Waals surface area contributed by atoms with Gasteiger partial charge in [0.15, 0.2) is 6.61 Å². The molecule has 1 saturated heterocycles. The number of aromatic carboxylic acids is 1. The van der Waals surface area contributed by atoms with Crippen LogP contribution in [0.3, 0.4) is 0 Å². The lowest BCUT2D eigenvalue weighted by Crippen LogP contribution is -2.41. The number of alkyl halides is 3. The van der Waals surface area contributed by atoms with Crippen LogP contribution in [0, 0.1) is 0 Å². The van der Waals surface area contributed by atoms with Gasteiger partial charge in [-0.15, -0.1) is 0 Å². The van der Waals surface area contributed by atoms with E-state index in [1.54, 1.807) is 4.68 Å². The second-order valence-corrected chi connectivity index (χ2v) is 6.41. The zero-order valence-electron chi connectivity index (χ0n) is 14.7. The fraction of sp³-hybridized carbons (Fsp3) is 0.389. The lowest BCUT2D eigenvalue weighted by Gasteiger charge is -2.32. The Bertz CT molecular complexity index is 858. The maximum Gasteiger partial charge on any atom is 0.419 e. The van der Waals surface area contributed by atoms with Crippen LogP contribution in [0.5, 0.6) is 5.75 Å². The fourth-order valence-corrected chi connectivity index (χ4v) is 3.09. The summed E-state index contributed by atoms with van der Waals surface area (Å²) in [5.41, 5.74) is -0.829. The lowest BCUT2D eigenvalue weighted by atomic mass is 10.1. The second-order valence-electron chi connectivity index (χ2n) is 6.41. The molecule has 1 amide bonds. The summed E-state index contributed by atoms with van der Waals surface area (Å²) in [5.74, 6) is -1.84. The smallest absolute Gasteiger partial charge is 0.419 e. The van der Waals surface area contributed by atoms with Crippen LogP contribution in [0.4, 0.5) is 13.2 Å². The number of piperidine rings is 1. The average Bonchev–Trinajstić information content (AvgIpc) is 3.16. The van der Waals surface area contributed by atoms with Gasteiger partial charge in [-0.3, -0.25) is 9.48 Å². The molecule has 3 rings (SSSR count). The second kappa shape index (κ2) is 7.91. The fourth-order valence-electron chi connectivity index (χ4n) is 3.09. The molecule has 1 aliphatic heterocycles. The maximum absolute atomic E-state index is 13.0. The predicted octanol–water partition coefficient (Wildman–Crippen LogP) is 2.84. The van der Waals surface area contributed by atoms with Gasteiger partial charge in [0.25, 0.3) is 5.91 Å². The van der Waals surface area contributed by atoms with Crippen molar-refractivity contribution in [2.24, 2.45) is 0 Å². The normalized spacial score (nSPS) is 15.5. The van der Waals surface area contributed by atoms with Crippen molar-refractivity contribution in [3.05, 3.63) is 47.8 Å². The summed E-state index contributed by atoms with van der Waals surface area (Å²) < 4.78 is 45.6. The molecular weight excluding hydrogens is 379 g/mol. The Hall–Kier alpha value is -3.04. The molecule has 0 unspecified atom stereocenters. The van der Waals surface area contributed by atoms with Crippen LogP contribution in [-0.4, -0.2) is 51.4 Å². The third-order valence-electron chi connectivity index (χ3n) is 4.58. The predicted molar refractivity (Wildman–Crippen MR) is 91.0 cm³/mol. The van der Waals surface area contributed by atoms with Crippen molar-refractivity contribution in [2.45, 2.75) is 25.1 Å². The Morgan fingerprint density at radius 2 is 1.89 bits per heavy atom. The minimum absolute atomic E-state index is 0.0379. The van der Waals surface area contributed by atoms with E-state index in [4.69, 9.17) is 9.84 Å². The van der Waals surface area contributed by atoms with Crippen molar-refractivity contribution in [1.82, 2.24) is 14.7 Å². The Balaban J connectivity index is 1.54. The molecule has 1 aromatic heterocycles. The van der Waals surface area contributed by atoms with Gasteiger partial charge in [0.1, 0.15) is 5.75 Å². The van der Waals surface area contributed by atoms with E-state index >= 15 is 0 Å². The van der Waals surface area contributed by atoms with Crippen LogP contribution in [0.15, 0.2) is 36.7 Å². The van der Waals surface area contributed by atoms with Gasteiger partial charge in [0.05, 0.1) is 23.4 Å². The molecule has 0 atom stereocenters. The first kappa shape index (κ1) is 19.7. The monoisotopic (exact) mass is 397 g/mol. The largest absolute Gasteiger partial charge is 0.483 e. The molecule has 1 fully saturated rings. The van der Waals surface area contributed by atoms with Gasteiger partial charge in [-0.2, -0.15) is 18.3 Å². The van der Waals surface area contributed by atoms with Crippen LogP contribution < -0.4 is 4.74 Å². The molecule has 2 aromatic rings. The number of hydrogen-bond donors (Lipinski definition) is 1. The number of para-hydroxylation sites is 1. The number of aromatic nitrogens is 2. The van der Waals surface area contributed by atoms with E-state index in [-0.39, 0.29) is 17.4 Å². The number of rotatable bonds is 5. The molecule has 1 aliphatic rings. The number of carbonyl (C=O) groups is 2. The number of carboxylic acids is 1. The van der Waals surface area contributed by atoms with E-state index in [1.807, 2.05) is 0 Å². The van der Waals surface area contributed by atoms with Crippen molar-refractivity contribution >= 4 is 11.9 Å². The summed E-state index contributed by atoms with van der Waals surface area (Å²) >= 11 is 0. The van der Waals surface area contributed by atoms with Crippen molar-refractivity contribution in [1.29, 1.82) is 0 Å². The van der Waals surface area contributed by atoms with Crippen molar-refractivity contribution in [3.8, 4) is 5.75 Å². The number of halogens is 3. The molecule has 0 saturated carbocycles.